The molecule has 5 heteroatoms. The lowest BCUT2D eigenvalue weighted by Crippen LogP contribution is -2.12. The summed E-state index contributed by atoms with van der Waals surface area (Å²) in [5, 5.41) is 4.16. The molecule has 0 fully saturated rings. The van der Waals surface area contributed by atoms with Crippen molar-refractivity contribution in [2.45, 2.75) is 13.1 Å². The molecule has 0 rings (SSSR count). The third-order valence-electron chi connectivity index (χ3n) is 0.751. The Hall–Kier alpha value is -1.00. The number of rotatable bonds is 2. The number of allylic oxidation sites excluding steroid dienone is 1. The fourth-order valence-electron chi connectivity index (χ4n) is 0.411. The van der Waals surface area contributed by atoms with E-state index in [1.165, 1.54) is 13.2 Å². The Morgan fingerprint density at radius 3 is 2.27 bits per heavy atom. The standard InChI is InChI=1S/C6H9F3N2/c1-3-4-11(2)10-5-6(7,8)9/h3-5H,1-2H3/b4-3-,10-5+. The molecule has 2 nitrogen and oxygen atoms in total. The molecule has 0 spiro atoms. The summed E-state index contributed by atoms with van der Waals surface area (Å²) in [5.41, 5.74) is 0. The van der Waals surface area contributed by atoms with Crippen LogP contribution >= 0.6 is 0 Å². The predicted octanol–water partition coefficient (Wildman–Crippen LogP) is 2.00. The Kier molecular flexibility index (Phi) is 3.64. The molecule has 0 bridgehead atoms. The third kappa shape index (κ3) is 6.89. The zero-order chi connectivity index (χ0) is 8.91. The average Bonchev–Trinajstić information content (AvgIpc) is 1.83. The summed E-state index contributed by atoms with van der Waals surface area (Å²) in [4.78, 5) is 0. The molecule has 11 heavy (non-hydrogen) atoms. The average molecular weight is 166 g/mol. The first-order chi connectivity index (χ1) is 4.95. The number of hydrazone groups is 1. The van der Waals surface area contributed by atoms with Crippen molar-refractivity contribution in [3.8, 4) is 0 Å². The van der Waals surface area contributed by atoms with E-state index in [2.05, 4.69) is 5.10 Å². The second kappa shape index (κ2) is 4.00. The maximum absolute atomic E-state index is 11.5. The highest BCUT2D eigenvalue weighted by Crippen LogP contribution is 2.10. The second-order valence-electron chi connectivity index (χ2n) is 1.84. The molecule has 0 radical (unpaired) electrons. The van der Waals surface area contributed by atoms with Crippen molar-refractivity contribution in [3.05, 3.63) is 12.3 Å². The summed E-state index contributed by atoms with van der Waals surface area (Å²) >= 11 is 0. The molecule has 0 aromatic heterocycles. The minimum Gasteiger partial charge on any atom is -0.276 e. The van der Waals surface area contributed by atoms with E-state index in [9.17, 15) is 13.2 Å². The van der Waals surface area contributed by atoms with E-state index in [0.717, 1.165) is 5.01 Å². The van der Waals surface area contributed by atoms with Crippen LogP contribution < -0.4 is 0 Å². The molecular weight excluding hydrogens is 157 g/mol. The van der Waals surface area contributed by atoms with Crippen LogP contribution in [-0.2, 0) is 0 Å². The van der Waals surface area contributed by atoms with E-state index in [1.54, 1.807) is 13.0 Å². The molecule has 0 aliphatic heterocycles. The van der Waals surface area contributed by atoms with E-state index >= 15 is 0 Å². The van der Waals surface area contributed by atoms with Gasteiger partial charge in [-0.1, -0.05) is 6.08 Å². The van der Waals surface area contributed by atoms with E-state index < -0.39 is 6.18 Å². The molecular formula is C6H9F3N2. The number of alkyl halides is 3. The van der Waals surface area contributed by atoms with Gasteiger partial charge in [-0.15, -0.1) is 0 Å². The van der Waals surface area contributed by atoms with Crippen LogP contribution in [0.5, 0.6) is 0 Å². The Bertz CT molecular complexity index is 160. The van der Waals surface area contributed by atoms with Crippen LogP contribution in [0, 0.1) is 0 Å². The van der Waals surface area contributed by atoms with Crippen molar-refractivity contribution in [2.24, 2.45) is 5.10 Å². The Morgan fingerprint density at radius 2 is 1.91 bits per heavy atom. The van der Waals surface area contributed by atoms with Gasteiger partial charge in [0.25, 0.3) is 0 Å². The maximum atomic E-state index is 11.5. The molecule has 0 aromatic rings. The fourth-order valence-corrected chi connectivity index (χ4v) is 0.411. The van der Waals surface area contributed by atoms with Gasteiger partial charge in [0.05, 0.1) is 0 Å². The van der Waals surface area contributed by atoms with Crippen LogP contribution in [0.25, 0.3) is 0 Å². The first kappa shape index (κ1) is 10.0. The van der Waals surface area contributed by atoms with Crippen LogP contribution in [-0.4, -0.2) is 24.4 Å². The molecule has 0 atom stereocenters. The number of hydrogen-bond donors (Lipinski definition) is 0. The molecule has 0 aromatic carbocycles. The van der Waals surface area contributed by atoms with Gasteiger partial charge in [-0.05, 0) is 6.92 Å². The van der Waals surface area contributed by atoms with Gasteiger partial charge >= 0.3 is 6.18 Å². The minimum absolute atomic E-state index is 0.0625. The topological polar surface area (TPSA) is 15.6 Å². The van der Waals surface area contributed by atoms with Gasteiger partial charge in [-0.25, -0.2) is 0 Å². The molecule has 0 amide bonds. The Morgan fingerprint density at radius 1 is 1.36 bits per heavy atom. The van der Waals surface area contributed by atoms with Crippen LogP contribution in [0.3, 0.4) is 0 Å². The zero-order valence-electron chi connectivity index (χ0n) is 6.26. The lowest BCUT2D eigenvalue weighted by Gasteiger charge is -2.05. The highest BCUT2D eigenvalue weighted by Gasteiger charge is 2.23. The molecule has 0 aliphatic rings. The monoisotopic (exact) mass is 166 g/mol. The summed E-state index contributed by atoms with van der Waals surface area (Å²) in [6, 6.07) is 0. The van der Waals surface area contributed by atoms with Crippen LogP contribution in [0.2, 0.25) is 0 Å². The molecule has 0 saturated carbocycles. The summed E-state index contributed by atoms with van der Waals surface area (Å²) in [7, 11) is 1.42. The molecule has 0 saturated heterocycles. The SMILES string of the molecule is C/C=C\N(C)/N=C/C(F)(F)F. The molecule has 64 valence electrons. The van der Waals surface area contributed by atoms with Crippen LogP contribution in [0.4, 0.5) is 13.2 Å². The lowest BCUT2D eigenvalue weighted by atomic mass is 10.7. The van der Waals surface area contributed by atoms with Gasteiger partial charge in [0.2, 0.25) is 0 Å². The first-order valence-corrected chi connectivity index (χ1v) is 2.93. The quantitative estimate of drug-likeness (QED) is 0.452. The summed E-state index contributed by atoms with van der Waals surface area (Å²) in [6.07, 6.45) is -1.39. The van der Waals surface area contributed by atoms with Crippen molar-refractivity contribution >= 4 is 6.21 Å². The van der Waals surface area contributed by atoms with Crippen LogP contribution in [0.15, 0.2) is 17.4 Å². The van der Waals surface area contributed by atoms with Crippen molar-refractivity contribution in [1.82, 2.24) is 5.01 Å². The summed E-state index contributed by atoms with van der Waals surface area (Å²) in [6.45, 7) is 1.69. The van der Waals surface area contributed by atoms with E-state index in [1.807, 2.05) is 0 Å². The van der Waals surface area contributed by atoms with Gasteiger partial charge in [-0.3, -0.25) is 5.01 Å². The van der Waals surface area contributed by atoms with Crippen molar-refractivity contribution < 1.29 is 13.2 Å². The molecule has 0 heterocycles. The number of nitrogens with zero attached hydrogens (tertiary/aromatic N) is 2. The highest BCUT2D eigenvalue weighted by molar-refractivity contribution is 5.63. The Balaban J connectivity index is 3.93. The van der Waals surface area contributed by atoms with E-state index in [-0.39, 0.29) is 6.21 Å². The number of hydrogen-bond acceptors (Lipinski definition) is 2. The maximum Gasteiger partial charge on any atom is 0.428 e. The fraction of sp³-hybridized carbons (Fsp3) is 0.500. The number of halogens is 3. The Labute approximate surface area is 63.0 Å². The predicted molar refractivity (Wildman–Crippen MR) is 37.1 cm³/mol. The summed E-state index contributed by atoms with van der Waals surface area (Å²) in [5.74, 6) is 0. The highest BCUT2D eigenvalue weighted by atomic mass is 19.4. The smallest absolute Gasteiger partial charge is 0.276 e. The van der Waals surface area contributed by atoms with Gasteiger partial charge < -0.3 is 0 Å². The first-order valence-electron chi connectivity index (χ1n) is 2.93. The summed E-state index contributed by atoms with van der Waals surface area (Å²) < 4.78 is 34.4. The zero-order valence-corrected chi connectivity index (χ0v) is 6.26. The van der Waals surface area contributed by atoms with Crippen molar-refractivity contribution in [1.29, 1.82) is 0 Å². The van der Waals surface area contributed by atoms with E-state index in [0.29, 0.717) is 0 Å². The van der Waals surface area contributed by atoms with Gasteiger partial charge in [0.15, 0.2) is 0 Å². The van der Waals surface area contributed by atoms with Gasteiger partial charge in [0.1, 0.15) is 6.21 Å². The molecule has 0 aliphatic carbocycles. The normalized spacial score (nSPS) is 13.2. The van der Waals surface area contributed by atoms with E-state index in [4.69, 9.17) is 0 Å². The minimum atomic E-state index is -4.34. The molecule has 0 N–H and O–H groups in total. The van der Waals surface area contributed by atoms with Crippen LogP contribution in [0.1, 0.15) is 6.92 Å². The largest absolute Gasteiger partial charge is 0.428 e. The van der Waals surface area contributed by atoms with Gasteiger partial charge in [0, 0.05) is 13.2 Å². The van der Waals surface area contributed by atoms with Crippen molar-refractivity contribution in [3.63, 3.8) is 0 Å². The van der Waals surface area contributed by atoms with Gasteiger partial charge in [-0.2, -0.15) is 18.3 Å². The third-order valence-corrected chi connectivity index (χ3v) is 0.751. The lowest BCUT2D eigenvalue weighted by molar-refractivity contribution is -0.0544. The molecule has 0 unspecified atom stereocenters. The second-order valence-corrected chi connectivity index (χ2v) is 1.84. The van der Waals surface area contributed by atoms with Crippen molar-refractivity contribution in [2.75, 3.05) is 7.05 Å².